The molecule has 0 fully saturated rings. The zero-order valence-electron chi connectivity index (χ0n) is 8.65. The largest absolute Gasteiger partial charge is 0.353 e. The van der Waals surface area contributed by atoms with Gasteiger partial charge in [-0.15, -0.1) is 12.4 Å². The van der Waals surface area contributed by atoms with Crippen molar-refractivity contribution in [1.82, 2.24) is 4.57 Å². The summed E-state index contributed by atoms with van der Waals surface area (Å²) in [5.74, 6) is 0. The van der Waals surface area contributed by atoms with Crippen molar-refractivity contribution in [1.29, 1.82) is 0 Å². The van der Waals surface area contributed by atoms with Gasteiger partial charge >= 0.3 is 0 Å². The van der Waals surface area contributed by atoms with Gasteiger partial charge in [-0.25, -0.2) is 0 Å². The van der Waals surface area contributed by atoms with Gasteiger partial charge in [0.05, 0.1) is 0 Å². The molecule has 4 heteroatoms. The third-order valence-electron chi connectivity index (χ3n) is 2.33. The van der Waals surface area contributed by atoms with Gasteiger partial charge in [0.2, 0.25) is 0 Å². The molecule has 0 bridgehead atoms. The fourth-order valence-electron chi connectivity index (χ4n) is 1.52. The molecule has 14 heavy (non-hydrogen) atoms. The summed E-state index contributed by atoms with van der Waals surface area (Å²) in [6, 6.07) is 4.26. The molecule has 0 aromatic carbocycles. The molecule has 0 spiro atoms. The third kappa shape index (κ3) is 3.70. The number of halogens is 1. The molecule has 1 heterocycles. The van der Waals surface area contributed by atoms with E-state index in [1.807, 2.05) is 19.3 Å². The monoisotopic (exact) mass is 217 g/mol. The summed E-state index contributed by atoms with van der Waals surface area (Å²) in [4.78, 5) is 0. The second-order valence-electron chi connectivity index (χ2n) is 3.43. The quantitative estimate of drug-likeness (QED) is 0.736. The van der Waals surface area contributed by atoms with Crippen molar-refractivity contribution in [2.75, 3.05) is 6.54 Å². The highest BCUT2D eigenvalue weighted by Crippen LogP contribution is 2.15. The fraction of sp³-hybridized carbons (Fsp3) is 0.600. The van der Waals surface area contributed by atoms with Crippen LogP contribution < -0.4 is 11.5 Å². The molecule has 1 atom stereocenters. The lowest BCUT2D eigenvalue weighted by atomic mass is 10.1. The number of nitrogens with two attached hydrogens (primary N) is 2. The SMILES string of the molecule is Cl.Cn1cccc1[C@@H](N)CCCCN. The maximum atomic E-state index is 6.02. The highest BCUT2D eigenvalue weighted by atomic mass is 35.5. The van der Waals surface area contributed by atoms with Crippen LogP contribution in [0.4, 0.5) is 0 Å². The number of nitrogens with zero attached hydrogens (tertiary/aromatic N) is 1. The molecule has 0 aliphatic heterocycles. The van der Waals surface area contributed by atoms with E-state index in [4.69, 9.17) is 11.5 Å². The highest BCUT2D eigenvalue weighted by Gasteiger charge is 2.07. The Morgan fingerprint density at radius 3 is 2.64 bits per heavy atom. The first-order chi connectivity index (χ1) is 6.25. The molecule has 3 nitrogen and oxygen atoms in total. The summed E-state index contributed by atoms with van der Waals surface area (Å²) < 4.78 is 2.08. The first-order valence-corrected chi connectivity index (χ1v) is 4.82. The van der Waals surface area contributed by atoms with E-state index in [1.54, 1.807) is 0 Å². The standard InChI is InChI=1S/C10H19N3.ClH/c1-13-8-4-6-10(13)9(12)5-2-3-7-11;/h4,6,8-9H,2-3,5,7,11-12H2,1H3;1H/t9-;/m0./s1. The molecular formula is C10H20ClN3. The van der Waals surface area contributed by atoms with Crippen molar-refractivity contribution in [3.63, 3.8) is 0 Å². The maximum absolute atomic E-state index is 6.02. The van der Waals surface area contributed by atoms with Crippen molar-refractivity contribution >= 4 is 12.4 Å². The molecule has 4 N–H and O–H groups in total. The lowest BCUT2D eigenvalue weighted by Gasteiger charge is -2.12. The molecular weight excluding hydrogens is 198 g/mol. The average molecular weight is 218 g/mol. The molecule has 1 rings (SSSR count). The molecule has 0 aliphatic rings. The van der Waals surface area contributed by atoms with Gasteiger partial charge in [-0.2, -0.15) is 0 Å². The molecule has 0 saturated heterocycles. The van der Waals surface area contributed by atoms with Gasteiger partial charge in [-0.1, -0.05) is 6.42 Å². The molecule has 0 aliphatic carbocycles. The van der Waals surface area contributed by atoms with Crippen molar-refractivity contribution < 1.29 is 0 Å². The van der Waals surface area contributed by atoms with E-state index in [0.717, 1.165) is 25.8 Å². The topological polar surface area (TPSA) is 57.0 Å². The minimum atomic E-state index is 0. The van der Waals surface area contributed by atoms with Crippen LogP contribution in [0.2, 0.25) is 0 Å². The van der Waals surface area contributed by atoms with Crippen LogP contribution in [0.5, 0.6) is 0 Å². The number of hydrogen-bond acceptors (Lipinski definition) is 2. The second-order valence-corrected chi connectivity index (χ2v) is 3.43. The average Bonchev–Trinajstić information content (AvgIpc) is 2.52. The van der Waals surface area contributed by atoms with E-state index in [2.05, 4.69) is 10.6 Å². The van der Waals surface area contributed by atoms with Crippen LogP contribution in [0.1, 0.15) is 31.0 Å². The Bertz CT molecular complexity index is 247. The zero-order valence-corrected chi connectivity index (χ0v) is 9.46. The Balaban J connectivity index is 0.00000169. The lowest BCUT2D eigenvalue weighted by Crippen LogP contribution is -2.14. The van der Waals surface area contributed by atoms with Crippen LogP contribution in [0, 0.1) is 0 Å². The number of hydrogen-bond donors (Lipinski definition) is 2. The number of rotatable bonds is 5. The Kier molecular flexibility index (Phi) is 6.62. The first-order valence-electron chi connectivity index (χ1n) is 4.82. The summed E-state index contributed by atoms with van der Waals surface area (Å²) in [6.07, 6.45) is 5.23. The zero-order chi connectivity index (χ0) is 9.68. The second kappa shape index (κ2) is 6.87. The normalized spacial score (nSPS) is 12.2. The minimum Gasteiger partial charge on any atom is -0.353 e. The Morgan fingerprint density at radius 2 is 2.14 bits per heavy atom. The van der Waals surface area contributed by atoms with Crippen LogP contribution in [0.15, 0.2) is 18.3 Å². The molecule has 1 aromatic rings. The Hall–Kier alpha value is -0.510. The van der Waals surface area contributed by atoms with Crippen molar-refractivity contribution in [3.05, 3.63) is 24.0 Å². The van der Waals surface area contributed by atoms with E-state index in [-0.39, 0.29) is 18.4 Å². The summed E-state index contributed by atoms with van der Waals surface area (Å²) in [5, 5.41) is 0. The van der Waals surface area contributed by atoms with E-state index in [1.165, 1.54) is 5.69 Å². The number of aromatic nitrogens is 1. The Morgan fingerprint density at radius 1 is 1.43 bits per heavy atom. The van der Waals surface area contributed by atoms with Crippen LogP contribution in [0.25, 0.3) is 0 Å². The number of unbranched alkanes of at least 4 members (excludes halogenated alkanes) is 1. The van der Waals surface area contributed by atoms with Crippen molar-refractivity contribution in [2.45, 2.75) is 25.3 Å². The van der Waals surface area contributed by atoms with E-state index < -0.39 is 0 Å². The molecule has 82 valence electrons. The predicted molar refractivity (Wildman–Crippen MR) is 62.5 cm³/mol. The van der Waals surface area contributed by atoms with E-state index >= 15 is 0 Å². The third-order valence-corrected chi connectivity index (χ3v) is 2.33. The molecule has 1 aromatic heterocycles. The van der Waals surface area contributed by atoms with Crippen LogP contribution in [-0.4, -0.2) is 11.1 Å². The minimum absolute atomic E-state index is 0. The van der Waals surface area contributed by atoms with E-state index in [0.29, 0.717) is 0 Å². The van der Waals surface area contributed by atoms with Crippen molar-refractivity contribution in [2.24, 2.45) is 18.5 Å². The van der Waals surface area contributed by atoms with Crippen LogP contribution in [-0.2, 0) is 7.05 Å². The summed E-state index contributed by atoms with van der Waals surface area (Å²) in [7, 11) is 2.03. The van der Waals surface area contributed by atoms with Gasteiger partial charge in [0.1, 0.15) is 0 Å². The number of aryl methyl sites for hydroxylation is 1. The van der Waals surface area contributed by atoms with Crippen LogP contribution in [0.3, 0.4) is 0 Å². The van der Waals surface area contributed by atoms with Gasteiger partial charge in [-0.05, 0) is 31.5 Å². The predicted octanol–water partition coefficient (Wildman–Crippen LogP) is 1.58. The summed E-state index contributed by atoms with van der Waals surface area (Å²) in [5.41, 5.74) is 12.6. The van der Waals surface area contributed by atoms with Gasteiger partial charge in [0.15, 0.2) is 0 Å². The molecule has 0 unspecified atom stereocenters. The van der Waals surface area contributed by atoms with Crippen LogP contribution >= 0.6 is 12.4 Å². The molecule has 0 saturated carbocycles. The molecule has 0 amide bonds. The van der Waals surface area contributed by atoms with Crippen molar-refractivity contribution in [3.8, 4) is 0 Å². The van der Waals surface area contributed by atoms with Gasteiger partial charge in [-0.3, -0.25) is 0 Å². The Labute approximate surface area is 91.9 Å². The molecule has 0 radical (unpaired) electrons. The smallest absolute Gasteiger partial charge is 0.0449 e. The first kappa shape index (κ1) is 13.5. The maximum Gasteiger partial charge on any atom is 0.0449 e. The van der Waals surface area contributed by atoms with Gasteiger partial charge in [0.25, 0.3) is 0 Å². The lowest BCUT2D eigenvalue weighted by molar-refractivity contribution is 0.563. The van der Waals surface area contributed by atoms with E-state index in [9.17, 15) is 0 Å². The highest BCUT2D eigenvalue weighted by molar-refractivity contribution is 5.85. The van der Waals surface area contributed by atoms with Gasteiger partial charge in [0, 0.05) is 25.0 Å². The summed E-state index contributed by atoms with van der Waals surface area (Å²) in [6.45, 7) is 0.764. The summed E-state index contributed by atoms with van der Waals surface area (Å²) >= 11 is 0. The van der Waals surface area contributed by atoms with Gasteiger partial charge < -0.3 is 16.0 Å². The fourth-order valence-corrected chi connectivity index (χ4v) is 1.52.